The summed E-state index contributed by atoms with van der Waals surface area (Å²) < 4.78 is 0. The molecule has 2 unspecified atom stereocenters. The number of rotatable bonds is 6. The van der Waals surface area contributed by atoms with Gasteiger partial charge in [0.25, 0.3) is 0 Å². The van der Waals surface area contributed by atoms with Gasteiger partial charge in [0.2, 0.25) is 0 Å². The smallest absolute Gasteiger partial charge is 0.337 e. The van der Waals surface area contributed by atoms with Crippen LogP contribution in [0, 0.1) is 5.92 Å². The van der Waals surface area contributed by atoms with Gasteiger partial charge in [-0.2, -0.15) is 0 Å². The maximum atomic E-state index is 11.0. The lowest BCUT2D eigenvalue weighted by molar-refractivity contribution is 0.0698. The van der Waals surface area contributed by atoms with Gasteiger partial charge in [-0.1, -0.05) is 32.4 Å². The first-order valence-corrected chi connectivity index (χ1v) is 6.13. The van der Waals surface area contributed by atoms with E-state index < -0.39 is 5.97 Å². The molecule has 0 aliphatic carbocycles. The number of benzene rings is 1. The van der Waals surface area contributed by atoms with E-state index in [1.807, 2.05) is 12.1 Å². The van der Waals surface area contributed by atoms with Gasteiger partial charge in [-0.25, -0.2) is 4.79 Å². The Morgan fingerprint density at radius 1 is 1.35 bits per heavy atom. The van der Waals surface area contributed by atoms with Crippen LogP contribution in [0.3, 0.4) is 0 Å². The Morgan fingerprint density at radius 3 is 2.59 bits per heavy atom. The van der Waals surface area contributed by atoms with E-state index in [9.17, 15) is 4.79 Å². The second kappa shape index (κ2) is 6.28. The van der Waals surface area contributed by atoms with Crippen LogP contribution in [0.25, 0.3) is 0 Å². The summed E-state index contributed by atoms with van der Waals surface area (Å²) in [5.41, 5.74) is 1.04. The minimum Gasteiger partial charge on any atom is -0.478 e. The summed E-state index contributed by atoms with van der Waals surface area (Å²) in [5, 5.41) is 12.3. The lowest BCUT2D eigenvalue weighted by atomic mass is 10.00. The van der Waals surface area contributed by atoms with Crippen LogP contribution in [-0.4, -0.2) is 17.1 Å². The number of carboxylic acid groups (broad SMARTS) is 1. The quantitative estimate of drug-likeness (QED) is 0.791. The molecule has 0 aliphatic rings. The van der Waals surface area contributed by atoms with Gasteiger partial charge >= 0.3 is 5.97 Å². The van der Waals surface area contributed by atoms with Crippen LogP contribution in [0.5, 0.6) is 0 Å². The van der Waals surface area contributed by atoms with E-state index >= 15 is 0 Å². The zero-order valence-corrected chi connectivity index (χ0v) is 10.7. The normalized spacial score (nSPS) is 14.1. The molecule has 0 saturated carbocycles. The molecule has 0 aliphatic heterocycles. The summed E-state index contributed by atoms with van der Waals surface area (Å²) in [6, 6.07) is 7.32. The predicted molar refractivity (Wildman–Crippen MR) is 70.6 cm³/mol. The van der Waals surface area contributed by atoms with Crippen molar-refractivity contribution in [2.75, 3.05) is 5.32 Å². The number of nitrogens with one attached hydrogen (secondary N) is 1. The standard InChI is InChI=1S/C14H21NO2/c1-4-10(2)9-11(3)15-13-8-6-5-7-12(13)14(16)17/h5-8,10-11,15H,4,9H2,1-3H3,(H,16,17). The molecule has 3 nitrogen and oxygen atoms in total. The van der Waals surface area contributed by atoms with Crippen molar-refractivity contribution in [1.82, 2.24) is 0 Å². The molecule has 3 heteroatoms. The Morgan fingerprint density at radius 2 is 2.00 bits per heavy atom. The predicted octanol–water partition coefficient (Wildman–Crippen LogP) is 3.62. The van der Waals surface area contributed by atoms with E-state index in [1.54, 1.807) is 12.1 Å². The van der Waals surface area contributed by atoms with Crippen molar-refractivity contribution in [2.45, 2.75) is 39.7 Å². The number of carbonyl (C=O) groups is 1. The number of hydrogen-bond donors (Lipinski definition) is 2. The number of carboxylic acids is 1. The molecular formula is C14H21NO2. The molecule has 17 heavy (non-hydrogen) atoms. The third kappa shape index (κ3) is 4.10. The van der Waals surface area contributed by atoms with Crippen LogP contribution < -0.4 is 5.32 Å². The first-order chi connectivity index (χ1) is 8.04. The topological polar surface area (TPSA) is 49.3 Å². The van der Waals surface area contributed by atoms with Crippen molar-refractivity contribution < 1.29 is 9.90 Å². The van der Waals surface area contributed by atoms with Crippen LogP contribution in [-0.2, 0) is 0 Å². The second-order valence-electron chi connectivity index (χ2n) is 4.65. The Kier molecular flexibility index (Phi) is 5.01. The van der Waals surface area contributed by atoms with Crippen LogP contribution in [0.15, 0.2) is 24.3 Å². The van der Waals surface area contributed by atoms with E-state index in [0.29, 0.717) is 17.2 Å². The molecule has 2 atom stereocenters. The second-order valence-corrected chi connectivity index (χ2v) is 4.65. The first kappa shape index (κ1) is 13.6. The van der Waals surface area contributed by atoms with Gasteiger partial charge < -0.3 is 10.4 Å². The molecule has 0 fully saturated rings. The molecule has 0 heterocycles. The Bertz CT molecular complexity index is 376. The van der Waals surface area contributed by atoms with Gasteiger partial charge in [0, 0.05) is 11.7 Å². The SMILES string of the molecule is CCC(C)CC(C)Nc1ccccc1C(=O)O. The maximum absolute atomic E-state index is 11.0. The summed E-state index contributed by atoms with van der Waals surface area (Å²) in [4.78, 5) is 11.0. The first-order valence-electron chi connectivity index (χ1n) is 6.13. The van der Waals surface area contributed by atoms with E-state index in [-0.39, 0.29) is 6.04 Å². The minimum atomic E-state index is -0.885. The van der Waals surface area contributed by atoms with Crippen LogP contribution in [0.4, 0.5) is 5.69 Å². The molecule has 0 saturated heterocycles. The van der Waals surface area contributed by atoms with Gasteiger partial charge in [0.05, 0.1) is 5.56 Å². The summed E-state index contributed by atoms with van der Waals surface area (Å²) in [5.74, 6) is -0.238. The largest absolute Gasteiger partial charge is 0.478 e. The molecule has 1 aromatic carbocycles. The molecule has 2 N–H and O–H groups in total. The van der Waals surface area contributed by atoms with Crippen molar-refractivity contribution in [2.24, 2.45) is 5.92 Å². The third-order valence-electron chi connectivity index (χ3n) is 3.01. The monoisotopic (exact) mass is 235 g/mol. The Balaban J connectivity index is 2.71. The molecule has 0 bridgehead atoms. The highest BCUT2D eigenvalue weighted by molar-refractivity contribution is 5.94. The highest BCUT2D eigenvalue weighted by atomic mass is 16.4. The Hall–Kier alpha value is -1.51. The van der Waals surface area contributed by atoms with E-state index in [0.717, 1.165) is 12.8 Å². The number of anilines is 1. The highest BCUT2D eigenvalue weighted by Gasteiger charge is 2.12. The molecule has 94 valence electrons. The average Bonchev–Trinajstić information content (AvgIpc) is 2.29. The average molecular weight is 235 g/mol. The lowest BCUT2D eigenvalue weighted by Crippen LogP contribution is -2.19. The van der Waals surface area contributed by atoms with Gasteiger partial charge in [0.15, 0.2) is 0 Å². The molecule has 0 aromatic heterocycles. The van der Waals surface area contributed by atoms with Crippen molar-refractivity contribution in [3.8, 4) is 0 Å². The maximum Gasteiger partial charge on any atom is 0.337 e. The fraction of sp³-hybridized carbons (Fsp3) is 0.500. The number of para-hydroxylation sites is 1. The van der Waals surface area contributed by atoms with Gasteiger partial charge in [-0.3, -0.25) is 0 Å². The summed E-state index contributed by atoms with van der Waals surface area (Å²) in [6.45, 7) is 6.47. The minimum absolute atomic E-state index is 0.283. The number of aromatic carboxylic acids is 1. The third-order valence-corrected chi connectivity index (χ3v) is 3.01. The van der Waals surface area contributed by atoms with Crippen molar-refractivity contribution in [3.05, 3.63) is 29.8 Å². The molecule has 1 aromatic rings. The van der Waals surface area contributed by atoms with Crippen LogP contribution in [0.2, 0.25) is 0 Å². The zero-order chi connectivity index (χ0) is 12.8. The summed E-state index contributed by atoms with van der Waals surface area (Å²) in [6.07, 6.45) is 2.19. The fourth-order valence-corrected chi connectivity index (χ4v) is 1.89. The fourth-order valence-electron chi connectivity index (χ4n) is 1.89. The van der Waals surface area contributed by atoms with E-state index in [4.69, 9.17) is 5.11 Å². The molecule has 0 amide bonds. The lowest BCUT2D eigenvalue weighted by Gasteiger charge is -2.19. The van der Waals surface area contributed by atoms with Crippen molar-refractivity contribution >= 4 is 11.7 Å². The summed E-state index contributed by atoms with van der Waals surface area (Å²) >= 11 is 0. The van der Waals surface area contributed by atoms with Gasteiger partial charge in [-0.15, -0.1) is 0 Å². The molecule has 1 rings (SSSR count). The van der Waals surface area contributed by atoms with Crippen LogP contribution >= 0.6 is 0 Å². The highest BCUT2D eigenvalue weighted by Crippen LogP contribution is 2.19. The van der Waals surface area contributed by atoms with Gasteiger partial charge in [-0.05, 0) is 31.4 Å². The molecule has 0 spiro atoms. The van der Waals surface area contributed by atoms with Crippen LogP contribution in [0.1, 0.15) is 44.0 Å². The van der Waals surface area contributed by atoms with Crippen molar-refractivity contribution in [1.29, 1.82) is 0 Å². The summed E-state index contributed by atoms with van der Waals surface area (Å²) in [7, 11) is 0. The Labute approximate surface area is 103 Å². The van der Waals surface area contributed by atoms with E-state index in [1.165, 1.54) is 0 Å². The molecular weight excluding hydrogens is 214 g/mol. The van der Waals surface area contributed by atoms with Crippen molar-refractivity contribution in [3.63, 3.8) is 0 Å². The van der Waals surface area contributed by atoms with E-state index in [2.05, 4.69) is 26.1 Å². The zero-order valence-electron chi connectivity index (χ0n) is 10.7. The van der Waals surface area contributed by atoms with Gasteiger partial charge in [0.1, 0.15) is 0 Å². The number of hydrogen-bond acceptors (Lipinski definition) is 2. The molecule has 0 radical (unpaired) electrons.